The Bertz CT molecular complexity index is 1150. The van der Waals surface area contributed by atoms with Gasteiger partial charge in [-0.05, 0) is 47.1 Å². The van der Waals surface area contributed by atoms with Gasteiger partial charge < -0.3 is 20.3 Å². The molecule has 7 nitrogen and oxygen atoms in total. The fraction of sp³-hybridized carbons (Fsp3) is 0.385. The van der Waals surface area contributed by atoms with E-state index in [9.17, 15) is 15.0 Å². The van der Waals surface area contributed by atoms with Crippen LogP contribution in [-0.4, -0.2) is 58.2 Å². The van der Waals surface area contributed by atoms with Crippen LogP contribution in [0.2, 0.25) is 0 Å². The van der Waals surface area contributed by atoms with Gasteiger partial charge in [-0.3, -0.25) is 9.69 Å². The number of nitrogens with zero attached hydrogens (tertiary/aromatic N) is 2. The Morgan fingerprint density at radius 1 is 1.15 bits per heavy atom. The number of aromatic nitrogens is 1. The number of amides is 1. The summed E-state index contributed by atoms with van der Waals surface area (Å²) in [4.78, 5) is 15.9. The summed E-state index contributed by atoms with van der Waals surface area (Å²) in [6.45, 7) is 10.5. The third kappa shape index (κ3) is 5.09. The minimum absolute atomic E-state index is 0.0433. The first kappa shape index (κ1) is 24.2. The molecule has 1 saturated heterocycles. The zero-order valence-corrected chi connectivity index (χ0v) is 20.6. The first-order valence-electron chi connectivity index (χ1n) is 11.6. The van der Waals surface area contributed by atoms with Crippen molar-refractivity contribution in [1.82, 2.24) is 14.6 Å². The van der Waals surface area contributed by atoms with Gasteiger partial charge in [-0.2, -0.15) is 4.37 Å². The SMILES string of the molecule is CCNC(=O)c1nsc(-c2cc(C(C)C)c(O)cc2O)c1-c1ccc(CN2CCOCC2)cc1. The zero-order valence-electron chi connectivity index (χ0n) is 19.8. The number of nitrogens with one attached hydrogen (secondary N) is 1. The summed E-state index contributed by atoms with van der Waals surface area (Å²) in [5.41, 5.74) is 4.35. The maximum atomic E-state index is 12.8. The molecule has 0 spiro atoms. The molecule has 8 heteroatoms. The Morgan fingerprint density at radius 3 is 2.50 bits per heavy atom. The van der Waals surface area contributed by atoms with Gasteiger partial charge in [0.05, 0.1) is 18.1 Å². The first-order chi connectivity index (χ1) is 16.4. The number of ether oxygens (including phenoxy) is 1. The van der Waals surface area contributed by atoms with E-state index in [1.807, 2.05) is 32.9 Å². The van der Waals surface area contributed by atoms with Crippen LogP contribution in [0, 0.1) is 0 Å². The minimum Gasteiger partial charge on any atom is -0.508 e. The second kappa shape index (κ2) is 10.5. The van der Waals surface area contributed by atoms with E-state index in [-0.39, 0.29) is 23.3 Å². The van der Waals surface area contributed by atoms with Gasteiger partial charge >= 0.3 is 0 Å². The van der Waals surface area contributed by atoms with Crippen LogP contribution in [0.4, 0.5) is 0 Å². The Balaban J connectivity index is 1.76. The standard InChI is InChI=1S/C26H31N3O4S/c1-4-27-26(32)24-23(18-7-5-17(6-8-18)15-29-9-11-33-12-10-29)25(34-28-24)20-13-19(16(2)3)21(30)14-22(20)31/h5-8,13-14,16,30-31H,4,9-12,15H2,1-3H3,(H,27,32). The number of phenolic OH excluding ortho intramolecular Hbond substituents is 2. The molecular weight excluding hydrogens is 450 g/mol. The molecule has 1 fully saturated rings. The normalized spacial score (nSPS) is 14.5. The predicted molar refractivity (Wildman–Crippen MR) is 135 cm³/mol. The summed E-state index contributed by atoms with van der Waals surface area (Å²) < 4.78 is 9.91. The van der Waals surface area contributed by atoms with Crippen LogP contribution in [0.15, 0.2) is 36.4 Å². The van der Waals surface area contributed by atoms with Crippen molar-refractivity contribution in [3.8, 4) is 33.1 Å². The summed E-state index contributed by atoms with van der Waals surface area (Å²) >= 11 is 1.18. The zero-order chi connectivity index (χ0) is 24.2. The third-order valence-corrected chi connectivity index (χ3v) is 6.89. The van der Waals surface area contributed by atoms with Gasteiger partial charge in [0.25, 0.3) is 5.91 Å². The summed E-state index contributed by atoms with van der Waals surface area (Å²) in [6, 6.07) is 11.3. The number of rotatable bonds is 7. The molecule has 3 aromatic rings. The van der Waals surface area contributed by atoms with Crippen molar-refractivity contribution in [2.75, 3.05) is 32.8 Å². The molecule has 1 aliphatic rings. The largest absolute Gasteiger partial charge is 0.508 e. The number of carbonyl (C=O) groups excluding carboxylic acids is 1. The molecule has 4 rings (SSSR count). The lowest BCUT2D eigenvalue weighted by molar-refractivity contribution is 0.0342. The number of carbonyl (C=O) groups is 1. The van der Waals surface area contributed by atoms with E-state index in [0.717, 1.165) is 44.0 Å². The number of hydrogen-bond acceptors (Lipinski definition) is 7. The number of aromatic hydroxyl groups is 2. The van der Waals surface area contributed by atoms with Crippen molar-refractivity contribution < 1.29 is 19.7 Å². The molecule has 0 atom stereocenters. The molecular formula is C26H31N3O4S. The van der Waals surface area contributed by atoms with Crippen LogP contribution in [0.5, 0.6) is 11.5 Å². The van der Waals surface area contributed by atoms with Gasteiger partial charge in [-0.15, -0.1) is 0 Å². The minimum atomic E-state index is -0.250. The topological polar surface area (TPSA) is 94.9 Å². The second-order valence-corrected chi connectivity index (χ2v) is 9.54. The van der Waals surface area contributed by atoms with Crippen LogP contribution >= 0.6 is 11.5 Å². The van der Waals surface area contributed by atoms with Crippen LogP contribution < -0.4 is 5.32 Å². The third-order valence-electron chi connectivity index (χ3n) is 6.01. The highest BCUT2D eigenvalue weighted by Crippen LogP contribution is 2.45. The van der Waals surface area contributed by atoms with E-state index >= 15 is 0 Å². The van der Waals surface area contributed by atoms with Gasteiger partial charge in [0, 0.05) is 43.4 Å². The molecule has 1 aromatic heterocycles. The van der Waals surface area contributed by atoms with Gasteiger partial charge in [-0.1, -0.05) is 38.1 Å². The fourth-order valence-electron chi connectivity index (χ4n) is 4.17. The fourth-order valence-corrected chi connectivity index (χ4v) is 5.10. The van der Waals surface area contributed by atoms with Crippen molar-refractivity contribution in [2.24, 2.45) is 0 Å². The summed E-state index contributed by atoms with van der Waals surface area (Å²) in [7, 11) is 0. The molecule has 0 radical (unpaired) electrons. The maximum absolute atomic E-state index is 12.8. The second-order valence-electron chi connectivity index (χ2n) is 8.76. The quantitative estimate of drug-likeness (QED) is 0.457. The summed E-state index contributed by atoms with van der Waals surface area (Å²) in [5.74, 6) is -0.172. The molecule has 3 N–H and O–H groups in total. The van der Waals surface area contributed by atoms with Crippen LogP contribution in [0.25, 0.3) is 21.6 Å². The van der Waals surface area contributed by atoms with Crippen LogP contribution in [0.1, 0.15) is 48.3 Å². The van der Waals surface area contributed by atoms with Gasteiger partial charge in [0.1, 0.15) is 17.2 Å². The summed E-state index contributed by atoms with van der Waals surface area (Å²) in [5, 5.41) is 23.8. The Labute approximate surface area is 204 Å². The molecule has 1 aliphatic heterocycles. The smallest absolute Gasteiger partial charge is 0.271 e. The van der Waals surface area contributed by atoms with Crippen LogP contribution in [0.3, 0.4) is 0 Å². The lowest BCUT2D eigenvalue weighted by atomic mass is 9.94. The van der Waals surface area contributed by atoms with Crippen molar-refractivity contribution in [1.29, 1.82) is 0 Å². The van der Waals surface area contributed by atoms with Crippen molar-refractivity contribution in [3.05, 3.63) is 53.2 Å². The first-order valence-corrected chi connectivity index (χ1v) is 12.4. The number of hydrogen-bond donors (Lipinski definition) is 3. The van der Waals surface area contributed by atoms with Crippen molar-refractivity contribution >= 4 is 17.4 Å². The maximum Gasteiger partial charge on any atom is 0.271 e. The molecule has 0 aliphatic carbocycles. The van der Waals surface area contributed by atoms with Crippen molar-refractivity contribution in [2.45, 2.75) is 33.2 Å². The molecule has 0 bridgehead atoms. The average molecular weight is 482 g/mol. The monoisotopic (exact) mass is 481 g/mol. The highest BCUT2D eigenvalue weighted by molar-refractivity contribution is 7.10. The molecule has 1 amide bonds. The van der Waals surface area contributed by atoms with Crippen molar-refractivity contribution in [3.63, 3.8) is 0 Å². The van der Waals surface area contributed by atoms with E-state index in [4.69, 9.17) is 4.74 Å². The van der Waals surface area contributed by atoms with E-state index in [1.165, 1.54) is 23.2 Å². The Kier molecular flexibility index (Phi) is 7.50. The van der Waals surface area contributed by atoms with E-state index in [0.29, 0.717) is 28.2 Å². The van der Waals surface area contributed by atoms with E-state index in [2.05, 4.69) is 26.7 Å². The Hall–Kier alpha value is -2.94. The van der Waals surface area contributed by atoms with Crippen LogP contribution in [-0.2, 0) is 11.3 Å². The predicted octanol–water partition coefficient (Wildman–Crippen LogP) is 4.59. The number of phenols is 2. The lowest BCUT2D eigenvalue weighted by Gasteiger charge is -2.26. The van der Waals surface area contributed by atoms with E-state index < -0.39 is 0 Å². The van der Waals surface area contributed by atoms with Gasteiger partial charge in [0.15, 0.2) is 0 Å². The van der Waals surface area contributed by atoms with Gasteiger partial charge in [-0.25, -0.2) is 0 Å². The van der Waals surface area contributed by atoms with Gasteiger partial charge in [0.2, 0.25) is 0 Å². The Morgan fingerprint density at radius 2 is 1.85 bits per heavy atom. The number of benzene rings is 2. The number of morpholine rings is 1. The summed E-state index contributed by atoms with van der Waals surface area (Å²) in [6.07, 6.45) is 0. The molecule has 34 heavy (non-hydrogen) atoms. The lowest BCUT2D eigenvalue weighted by Crippen LogP contribution is -2.35. The highest BCUT2D eigenvalue weighted by atomic mass is 32.1. The molecule has 180 valence electrons. The molecule has 0 saturated carbocycles. The molecule has 2 heterocycles. The molecule has 0 unspecified atom stereocenters. The van der Waals surface area contributed by atoms with E-state index in [1.54, 1.807) is 6.07 Å². The highest BCUT2D eigenvalue weighted by Gasteiger charge is 2.25. The average Bonchev–Trinajstić information content (AvgIpc) is 3.25. The molecule has 2 aromatic carbocycles.